The van der Waals surface area contributed by atoms with Crippen LogP contribution in [-0.4, -0.2) is 38.9 Å². The fraction of sp³-hybridized carbons (Fsp3) is 0.941. The first kappa shape index (κ1) is 22.7. The smallest absolute Gasteiger partial charge is 0.245 e. The van der Waals surface area contributed by atoms with E-state index in [0.29, 0.717) is 13.2 Å². The molecule has 4 nitrogen and oxygen atoms in total. The summed E-state index contributed by atoms with van der Waals surface area (Å²) in [4.78, 5) is 11.3. The molecule has 0 heterocycles. The first-order chi connectivity index (χ1) is 10.2. The zero-order chi connectivity index (χ0) is 16.3. The minimum absolute atomic E-state index is 0. The zero-order valence-electron chi connectivity index (χ0n) is 14.9. The predicted octanol–water partition coefficient (Wildman–Crippen LogP) is 4.03. The summed E-state index contributed by atoms with van der Waals surface area (Å²) < 4.78 is 10.7. The van der Waals surface area contributed by atoms with Gasteiger partial charge in [0.2, 0.25) is 5.91 Å². The highest BCUT2D eigenvalue weighted by Gasteiger charge is 2.00. The molecule has 0 aliphatic heterocycles. The molecule has 0 aromatic rings. The molecule has 1 N–H and O–H groups in total. The number of ether oxygens (including phenoxy) is 2. The van der Waals surface area contributed by atoms with E-state index < -0.39 is 0 Å². The van der Waals surface area contributed by atoms with Gasteiger partial charge in [0.15, 0.2) is 0 Å². The lowest BCUT2D eigenvalue weighted by atomic mass is 10.1. The average Bonchev–Trinajstić information content (AvgIpc) is 2.48. The highest BCUT2D eigenvalue weighted by molar-refractivity contribution is 5.77. The fourth-order valence-electron chi connectivity index (χ4n) is 1.63. The second-order valence-corrected chi connectivity index (χ2v) is 5.26. The molecule has 0 aromatic heterocycles. The van der Waals surface area contributed by atoms with Gasteiger partial charge in [-0.25, -0.2) is 0 Å². The summed E-state index contributed by atoms with van der Waals surface area (Å²) in [7, 11) is 0. The number of unbranched alkanes of at least 4 members (excludes halogenated alkanes) is 2. The molecule has 0 unspecified atom stereocenters. The maximum absolute atomic E-state index is 11.3. The number of hydrogen-bond acceptors (Lipinski definition) is 3. The molecule has 0 spiro atoms. The minimum Gasteiger partial charge on any atom is -0.379 e. The van der Waals surface area contributed by atoms with Crippen molar-refractivity contribution >= 4 is 5.91 Å². The van der Waals surface area contributed by atoms with E-state index in [1.165, 1.54) is 12.8 Å². The Morgan fingerprint density at radius 3 is 2.33 bits per heavy atom. The lowest BCUT2D eigenvalue weighted by Gasteiger charge is -2.07. The first-order valence-corrected chi connectivity index (χ1v) is 8.59. The Morgan fingerprint density at radius 1 is 1.05 bits per heavy atom. The number of carbonyl (C=O) groups excluding carboxylic acids is 1. The van der Waals surface area contributed by atoms with Crippen LogP contribution in [0.15, 0.2) is 0 Å². The Labute approximate surface area is 133 Å². The Morgan fingerprint density at radius 2 is 1.71 bits per heavy atom. The summed E-state index contributed by atoms with van der Waals surface area (Å²) in [6.07, 6.45) is 5.66. The van der Waals surface area contributed by atoms with Crippen molar-refractivity contribution in [1.82, 2.24) is 5.32 Å². The van der Waals surface area contributed by atoms with Crippen LogP contribution in [0.3, 0.4) is 0 Å². The maximum atomic E-state index is 11.3. The summed E-state index contributed by atoms with van der Waals surface area (Å²) >= 11 is 0. The highest BCUT2D eigenvalue weighted by Crippen LogP contribution is 2.02. The number of amides is 1. The van der Waals surface area contributed by atoms with Gasteiger partial charge < -0.3 is 14.8 Å². The van der Waals surface area contributed by atoms with Crippen LogP contribution in [-0.2, 0) is 14.3 Å². The van der Waals surface area contributed by atoms with Gasteiger partial charge in [0.05, 0.1) is 13.2 Å². The summed E-state index contributed by atoms with van der Waals surface area (Å²) in [5, 5.41) is 2.84. The van der Waals surface area contributed by atoms with Crippen LogP contribution in [0.4, 0.5) is 0 Å². The third kappa shape index (κ3) is 21.8. The molecule has 0 aliphatic rings. The molecule has 0 radical (unpaired) electrons. The lowest BCUT2D eigenvalue weighted by Crippen LogP contribution is -2.29. The van der Waals surface area contributed by atoms with E-state index in [-0.39, 0.29) is 13.9 Å². The van der Waals surface area contributed by atoms with Crippen molar-refractivity contribution in [3.63, 3.8) is 0 Å². The third-order valence-corrected chi connectivity index (χ3v) is 2.78. The molecule has 0 atom stereocenters. The second-order valence-electron chi connectivity index (χ2n) is 5.26. The van der Waals surface area contributed by atoms with E-state index in [4.69, 9.17) is 9.47 Å². The van der Waals surface area contributed by atoms with Gasteiger partial charge in [-0.1, -0.05) is 47.5 Å². The van der Waals surface area contributed by atoms with E-state index in [9.17, 15) is 4.79 Å². The van der Waals surface area contributed by atoms with Gasteiger partial charge >= 0.3 is 0 Å². The van der Waals surface area contributed by atoms with Crippen LogP contribution >= 0.6 is 0 Å². The molecule has 4 heteroatoms. The number of carbonyl (C=O) groups is 1. The van der Waals surface area contributed by atoms with Gasteiger partial charge in [-0.2, -0.15) is 0 Å². The zero-order valence-corrected chi connectivity index (χ0v) is 14.9. The van der Waals surface area contributed by atoms with Crippen LogP contribution in [0.2, 0.25) is 0 Å². The summed E-state index contributed by atoms with van der Waals surface area (Å²) in [5.74, 6) is 0.701. The van der Waals surface area contributed by atoms with Crippen molar-refractivity contribution in [1.29, 1.82) is 0 Å². The molecular formula is C17H39NO3. The van der Waals surface area contributed by atoms with Crippen molar-refractivity contribution in [2.24, 2.45) is 5.92 Å². The molecule has 0 aliphatic carbocycles. The van der Waals surface area contributed by atoms with Crippen LogP contribution in [0.5, 0.6) is 0 Å². The van der Waals surface area contributed by atoms with Gasteiger partial charge in [-0.3, -0.25) is 4.79 Å². The fourth-order valence-corrected chi connectivity index (χ4v) is 1.63. The lowest BCUT2D eigenvalue weighted by molar-refractivity contribution is -0.126. The molecular weight excluding hydrogens is 266 g/mol. The summed E-state index contributed by atoms with van der Waals surface area (Å²) in [6, 6.07) is 0. The van der Waals surface area contributed by atoms with Crippen molar-refractivity contribution in [2.75, 3.05) is 33.0 Å². The molecule has 0 bridgehead atoms. The van der Waals surface area contributed by atoms with Gasteiger partial charge in [0, 0.05) is 14.6 Å². The summed E-state index contributed by atoms with van der Waals surface area (Å²) in [5.41, 5.74) is 0. The molecule has 0 saturated heterocycles. The second kappa shape index (κ2) is 19.4. The number of rotatable bonds is 13. The Hall–Kier alpha value is -0.610. The minimum atomic E-state index is -0.0316. The van der Waals surface area contributed by atoms with Crippen LogP contribution in [0.25, 0.3) is 0 Å². The van der Waals surface area contributed by atoms with Crippen molar-refractivity contribution in [2.45, 2.75) is 66.7 Å². The average molecular weight is 306 g/mol. The van der Waals surface area contributed by atoms with E-state index in [1.807, 2.05) is 13.8 Å². The Kier molecular flexibility index (Phi) is 20.9. The van der Waals surface area contributed by atoms with Crippen LogP contribution in [0.1, 0.15) is 68.1 Å². The number of hydrogen-bond donors (Lipinski definition) is 1. The SMILES string of the molecule is CC.CCCCCNC(=O)COCCOCCCC(C)C.[HH]. The van der Waals surface area contributed by atoms with Crippen LogP contribution in [0, 0.1) is 5.92 Å². The quantitative estimate of drug-likeness (QED) is 0.522. The Balaban J connectivity index is -0.00000115. The van der Waals surface area contributed by atoms with Crippen molar-refractivity contribution in [3.8, 4) is 0 Å². The molecule has 0 saturated carbocycles. The third-order valence-electron chi connectivity index (χ3n) is 2.78. The van der Waals surface area contributed by atoms with Crippen LogP contribution < -0.4 is 5.32 Å². The topological polar surface area (TPSA) is 47.6 Å². The van der Waals surface area contributed by atoms with E-state index in [2.05, 4.69) is 26.1 Å². The van der Waals surface area contributed by atoms with Gasteiger partial charge in [0.25, 0.3) is 0 Å². The maximum Gasteiger partial charge on any atom is 0.245 e. The van der Waals surface area contributed by atoms with Gasteiger partial charge in [-0.05, 0) is 25.2 Å². The van der Waals surface area contributed by atoms with E-state index in [1.54, 1.807) is 0 Å². The largest absolute Gasteiger partial charge is 0.379 e. The first-order valence-electron chi connectivity index (χ1n) is 8.59. The molecule has 1 amide bonds. The Bertz CT molecular complexity index is 214. The number of nitrogens with one attached hydrogen (secondary N) is 1. The normalized spacial score (nSPS) is 10.2. The standard InChI is InChI=1S/C15H31NO3.C2H6.H2/c1-4-5-6-9-16-15(17)13-19-12-11-18-10-7-8-14(2)3;1-2;/h14H,4-13H2,1-3H3,(H,16,17);1-2H3;1H. The summed E-state index contributed by atoms with van der Waals surface area (Å²) in [6.45, 7) is 13.3. The predicted molar refractivity (Wildman–Crippen MR) is 91.7 cm³/mol. The highest BCUT2D eigenvalue weighted by atomic mass is 16.5. The van der Waals surface area contributed by atoms with Gasteiger partial charge in [-0.15, -0.1) is 0 Å². The van der Waals surface area contributed by atoms with E-state index in [0.717, 1.165) is 38.3 Å². The molecule has 0 rings (SSSR count). The van der Waals surface area contributed by atoms with Crippen molar-refractivity contribution < 1.29 is 15.7 Å². The van der Waals surface area contributed by atoms with Gasteiger partial charge in [0.1, 0.15) is 6.61 Å². The monoisotopic (exact) mass is 305 g/mol. The molecule has 0 fully saturated rings. The molecule has 21 heavy (non-hydrogen) atoms. The molecule has 130 valence electrons. The van der Waals surface area contributed by atoms with E-state index >= 15 is 0 Å². The molecule has 0 aromatic carbocycles. The van der Waals surface area contributed by atoms with Crippen molar-refractivity contribution in [3.05, 3.63) is 0 Å².